The van der Waals surface area contributed by atoms with E-state index in [4.69, 9.17) is 4.74 Å². The number of hydrogen-bond acceptors (Lipinski definition) is 6. The summed E-state index contributed by atoms with van der Waals surface area (Å²) in [5, 5.41) is 12.5. The highest BCUT2D eigenvalue weighted by molar-refractivity contribution is 5.74. The minimum absolute atomic E-state index is 0.450. The molecule has 1 N–H and O–H groups in total. The maximum atomic E-state index is 9.35. The molecule has 1 aliphatic heterocycles. The first-order valence-corrected chi connectivity index (χ1v) is 7.60. The second kappa shape index (κ2) is 6.63. The van der Waals surface area contributed by atoms with Gasteiger partial charge in [-0.15, -0.1) is 0 Å². The molecule has 3 heterocycles. The second-order valence-corrected chi connectivity index (χ2v) is 5.41. The zero-order valence-electron chi connectivity index (χ0n) is 13.3. The van der Waals surface area contributed by atoms with Gasteiger partial charge in [-0.25, -0.2) is 4.98 Å². The minimum atomic E-state index is 0.450. The molecule has 0 aliphatic carbocycles. The van der Waals surface area contributed by atoms with Gasteiger partial charge in [0.25, 0.3) is 0 Å². The van der Waals surface area contributed by atoms with Gasteiger partial charge >= 0.3 is 0 Å². The molecule has 1 fully saturated rings. The third-order valence-electron chi connectivity index (χ3n) is 4.01. The Bertz CT molecular complexity index is 747. The first-order chi connectivity index (χ1) is 11.2. The largest absolute Gasteiger partial charge is 0.387 e. The topological polar surface area (TPSA) is 74.1 Å². The van der Waals surface area contributed by atoms with Crippen LogP contribution in [0.3, 0.4) is 0 Å². The maximum Gasteiger partial charge on any atom is 0.163 e. The van der Waals surface area contributed by atoms with E-state index in [1.54, 1.807) is 12.4 Å². The van der Waals surface area contributed by atoms with Crippen LogP contribution in [0.4, 0.5) is 11.4 Å². The molecule has 0 aromatic carbocycles. The van der Waals surface area contributed by atoms with Gasteiger partial charge in [-0.1, -0.05) is 0 Å². The Morgan fingerprint density at radius 3 is 2.70 bits per heavy atom. The van der Waals surface area contributed by atoms with Gasteiger partial charge in [-0.3, -0.25) is 4.98 Å². The van der Waals surface area contributed by atoms with Crippen LogP contribution < -0.4 is 10.2 Å². The molecule has 1 aliphatic rings. The van der Waals surface area contributed by atoms with Crippen molar-refractivity contribution in [3.8, 4) is 17.2 Å². The number of nitrogens with zero attached hydrogens (tertiary/aromatic N) is 4. The Labute approximate surface area is 135 Å². The summed E-state index contributed by atoms with van der Waals surface area (Å²) in [6.45, 7) is 4.86. The van der Waals surface area contributed by atoms with Crippen LogP contribution in [-0.4, -0.2) is 43.3 Å². The number of rotatable bonds is 3. The smallest absolute Gasteiger partial charge is 0.163 e. The van der Waals surface area contributed by atoms with Crippen LogP contribution in [0.5, 0.6) is 0 Å². The second-order valence-electron chi connectivity index (χ2n) is 5.41. The van der Waals surface area contributed by atoms with Gasteiger partial charge in [0.15, 0.2) is 5.69 Å². The average molecular weight is 309 g/mol. The molecule has 1 saturated heterocycles. The number of ether oxygens (including phenoxy) is 1. The fourth-order valence-corrected chi connectivity index (χ4v) is 2.69. The van der Waals surface area contributed by atoms with E-state index in [1.165, 1.54) is 0 Å². The van der Waals surface area contributed by atoms with Crippen molar-refractivity contribution in [1.82, 2.24) is 9.97 Å². The number of pyridine rings is 2. The first kappa shape index (κ1) is 15.3. The van der Waals surface area contributed by atoms with Crippen LogP contribution in [0.15, 0.2) is 24.5 Å². The van der Waals surface area contributed by atoms with Crippen molar-refractivity contribution < 1.29 is 4.74 Å². The zero-order chi connectivity index (χ0) is 16.2. The number of hydrogen-bond donors (Lipinski definition) is 1. The Morgan fingerprint density at radius 2 is 2.00 bits per heavy atom. The predicted octanol–water partition coefficient (Wildman–Crippen LogP) is 2.20. The number of nitriles is 1. The molecule has 3 rings (SSSR count). The molecule has 0 amide bonds. The number of aromatic nitrogens is 2. The average Bonchev–Trinajstić information content (AvgIpc) is 2.62. The highest BCUT2D eigenvalue weighted by Crippen LogP contribution is 2.29. The molecule has 0 atom stereocenters. The molecular weight excluding hydrogens is 290 g/mol. The first-order valence-electron chi connectivity index (χ1n) is 7.60. The number of aryl methyl sites for hydroxylation is 1. The van der Waals surface area contributed by atoms with E-state index >= 15 is 0 Å². The molecule has 0 bridgehead atoms. The van der Waals surface area contributed by atoms with Gasteiger partial charge in [-0.2, -0.15) is 5.26 Å². The highest BCUT2D eigenvalue weighted by Gasteiger charge is 2.17. The van der Waals surface area contributed by atoms with Crippen molar-refractivity contribution in [2.75, 3.05) is 43.6 Å². The zero-order valence-corrected chi connectivity index (χ0v) is 13.3. The lowest BCUT2D eigenvalue weighted by molar-refractivity contribution is 0.122. The van der Waals surface area contributed by atoms with Crippen LogP contribution >= 0.6 is 0 Å². The van der Waals surface area contributed by atoms with Gasteiger partial charge in [0, 0.05) is 43.2 Å². The van der Waals surface area contributed by atoms with Crippen LogP contribution in [-0.2, 0) is 4.74 Å². The lowest BCUT2D eigenvalue weighted by Gasteiger charge is -2.29. The Morgan fingerprint density at radius 1 is 1.22 bits per heavy atom. The van der Waals surface area contributed by atoms with Gasteiger partial charge in [0.2, 0.25) is 0 Å². The summed E-state index contributed by atoms with van der Waals surface area (Å²) in [5.41, 5.74) is 5.18. The van der Waals surface area contributed by atoms with E-state index in [0.717, 1.165) is 41.3 Å². The fourth-order valence-electron chi connectivity index (χ4n) is 2.69. The molecule has 2 aromatic heterocycles. The van der Waals surface area contributed by atoms with E-state index in [1.807, 2.05) is 20.0 Å². The summed E-state index contributed by atoms with van der Waals surface area (Å²) in [4.78, 5) is 10.9. The quantitative estimate of drug-likeness (QED) is 0.937. The standard InChI is InChI=1S/C17H19N5O/c1-12-15(8-14(19-2)11-20-12)13-7-17(16(9-18)21-10-13)22-3-5-23-6-4-22/h7-8,10-11,19H,3-6H2,1-2H3. The van der Waals surface area contributed by atoms with Crippen molar-refractivity contribution in [3.63, 3.8) is 0 Å². The lowest BCUT2D eigenvalue weighted by Crippen LogP contribution is -2.36. The van der Waals surface area contributed by atoms with E-state index < -0.39 is 0 Å². The minimum Gasteiger partial charge on any atom is -0.387 e. The monoisotopic (exact) mass is 309 g/mol. The summed E-state index contributed by atoms with van der Waals surface area (Å²) in [6.07, 6.45) is 3.55. The number of nitrogens with one attached hydrogen (secondary N) is 1. The maximum absolute atomic E-state index is 9.35. The molecule has 2 aromatic rings. The molecule has 6 heteroatoms. The third kappa shape index (κ3) is 3.10. The summed E-state index contributed by atoms with van der Waals surface area (Å²) >= 11 is 0. The number of morpholine rings is 1. The van der Waals surface area contributed by atoms with Gasteiger partial charge in [0.1, 0.15) is 6.07 Å². The molecule has 23 heavy (non-hydrogen) atoms. The number of anilines is 2. The van der Waals surface area contributed by atoms with Gasteiger partial charge in [-0.05, 0) is 19.1 Å². The molecule has 6 nitrogen and oxygen atoms in total. The van der Waals surface area contributed by atoms with E-state index in [-0.39, 0.29) is 0 Å². The summed E-state index contributed by atoms with van der Waals surface area (Å²) in [6, 6.07) is 6.27. The van der Waals surface area contributed by atoms with Crippen LogP contribution in [0.1, 0.15) is 11.4 Å². The van der Waals surface area contributed by atoms with Crippen molar-refractivity contribution >= 4 is 11.4 Å². The van der Waals surface area contributed by atoms with Crippen LogP contribution in [0, 0.1) is 18.3 Å². The van der Waals surface area contributed by atoms with Crippen molar-refractivity contribution in [1.29, 1.82) is 5.26 Å². The van der Waals surface area contributed by atoms with E-state index in [9.17, 15) is 5.26 Å². The van der Waals surface area contributed by atoms with E-state index in [0.29, 0.717) is 18.9 Å². The molecule has 0 unspecified atom stereocenters. The SMILES string of the molecule is CNc1cnc(C)c(-c2cnc(C#N)c(N3CCOCC3)c2)c1. The van der Waals surface area contributed by atoms with Crippen LogP contribution in [0.2, 0.25) is 0 Å². The summed E-state index contributed by atoms with van der Waals surface area (Å²) in [5.74, 6) is 0. The van der Waals surface area contributed by atoms with Crippen molar-refractivity contribution in [3.05, 3.63) is 35.9 Å². The summed E-state index contributed by atoms with van der Waals surface area (Å²) in [7, 11) is 1.87. The predicted molar refractivity (Wildman–Crippen MR) is 89.5 cm³/mol. The van der Waals surface area contributed by atoms with Crippen molar-refractivity contribution in [2.24, 2.45) is 0 Å². The molecular formula is C17H19N5O. The van der Waals surface area contributed by atoms with Gasteiger partial charge < -0.3 is 15.0 Å². The summed E-state index contributed by atoms with van der Waals surface area (Å²) < 4.78 is 5.40. The Balaban J connectivity index is 2.06. The van der Waals surface area contributed by atoms with E-state index in [2.05, 4.69) is 32.3 Å². The molecule has 0 radical (unpaired) electrons. The lowest BCUT2D eigenvalue weighted by atomic mass is 10.0. The molecule has 118 valence electrons. The third-order valence-corrected chi connectivity index (χ3v) is 4.01. The normalized spacial score (nSPS) is 14.4. The van der Waals surface area contributed by atoms with Gasteiger partial charge in [0.05, 0.1) is 30.8 Å². The Hall–Kier alpha value is -2.65. The molecule has 0 saturated carbocycles. The highest BCUT2D eigenvalue weighted by atomic mass is 16.5. The fraction of sp³-hybridized carbons (Fsp3) is 0.353. The van der Waals surface area contributed by atoms with Crippen molar-refractivity contribution in [2.45, 2.75) is 6.92 Å². The van der Waals surface area contributed by atoms with Crippen LogP contribution in [0.25, 0.3) is 11.1 Å². The molecule has 0 spiro atoms. The Kier molecular flexibility index (Phi) is 4.40.